The van der Waals surface area contributed by atoms with Gasteiger partial charge in [0.15, 0.2) is 5.13 Å². The number of esters is 1. The van der Waals surface area contributed by atoms with Crippen LogP contribution in [0, 0.1) is 12.8 Å². The molecule has 1 aromatic carbocycles. The first kappa shape index (κ1) is 20.6. The number of aryl methyl sites for hydroxylation is 1. The summed E-state index contributed by atoms with van der Waals surface area (Å²) in [6.07, 6.45) is 0.404. The van der Waals surface area contributed by atoms with Gasteiger partial charge in [0.25, 0.3) is 0 Å². The number of benzene rings is 1. The van der Waals surface area contributed by atoms with Crippen molar-refractivity contribution in [1.29, 1.82) is 0 Å². The van der Waals surface area contributed by atoms with Crippen LogP contribution in [0.3, 0.4) is 0 Å². The van der Waals surface area contributed by atoms with Crippen molar-refractivity contribution >= 4 is 22.4 Å². The molecule has 6 nitrogen and oxygen atoms in total. The molecule has 28 heavy (non-hydrogen) atoms. The van der Waals surface area contributed by atoms with Gasteiger partial charge < -0.3 is 19.5 Å². The number of methoxy groups -OCH3 is 1. The van der Waals surface area contributed by atoms with E-state index in [0.717, 1.165) is 22.0 Å². The summed E-state index contributed by atoms with van der Waals surface area (Å²) in [6.45, 7) is 8.89. The van der Waals surface area contributed by atoms with Gasteiger partial charge in [0, 0.05) is 31.1 Å². The van der Waals surface area contributed by atoms with Gasteiger partial charge in [0.05, 0.1) is 17.7 Å². The molecule has 1 saturated heterocycles. The molecule has 1 aliphatic heterocycles. The second kappa shape index (κ2) is 8.09. The SMILES string of the molecule is CO[C@@H]1CN(c2nc(-c3cc(C)ccc3O)cs2)CC[C@@H]1C(=O)OC(C)(C)C. The molecule has 2 atom stereocenters. The molecule has 0 spiro atoms. The van der Waals surface area contributed by atoms with Gasteiger partial charge in [0.1, 0.15) is 11.4 Å². The number of ether oxygens (including phenoxy) is 2. The molecule has 3 rings (SSSR count). The summed E-state index contributed by atoms with van der Waals surface area (Å²) in [5.41, 5.74) is 2.05. The largest absolute Gasteiger partial charge is 0.507 e. The fourth-order valence-electron chi connectivity index (χ4n) is 3.36. The number of hydrogen-bond acceptors (Lipinski definition) is 7. The van der Waals surface area contributed by atoms with Crippen molar-refractivity contribution in [3.63, 3.8) is 0 Å². The van der Waals surface area contributed by atoms with Gasteiger partial charge in [-0.15, -0.1) is 11.3 Å². The first-order valence-corrected chi connectivity index (χ1v) is 10.3. The molecule has 1 fully saturated rings. The van der Waals surface area contributed by atoms with E-state index >= 15 is 0 Å². The van der Waals surface area contributed by atoms with Crippen LogP contribution in [0.25, 0.3) is 11.3 Å². The standard InChI is InChI=1S/C21H28N2O4S/c1-13-6-7-17(24)15(10-13)16-12-28-20(22-16)23-9-8-14(18(11-23)26-5)19(25)27-21(2,3)4/h6-7,10,12,14,18,24H,8-9,11H2,1-5H3/t14-,18+/m0/s1. The first-order valence-electron chi connectivity index (χ1n) is 9.44. The zero-order valence-electron chi connectivity index (χ0n) is 17.1. The molecule has 0 amide bonds. The predicted molar refractivity (Wildman–Crippen MR) is 111 cm³/mol. The van der Waals surface area contributed by atoms with Gasteiger partial charge in [0.2, 0.25) is 0 Å². The van der Waals surface area contributed by atoms with Crippen molar-refractivity contribution in [3.05, 3.63) is 29.1 Å². The number of phenols is 1. The molecule has 0 aliphatic carbocycles. The number of carbonyl (C=O) groups is 1. The van der Waals surface area contributed by atoms with Crippen molar-refractivity contribution in [1.82, 2.24) is 4.98 Å². The number of phenolic OH excluding ortho intramolecular Hbond substituents is 1. The number of aromatic hydroxyl groups is 1. The summed E-state index contributed by atoms with van der Waals surface area (Å²) in [4.78, 5) is 19.4. The van der Waals surface area contributed by atoms with Crippen LogP contribution in [-0.2, 0) is 14.3 Å². The highest BCUT2D eigenvalue weighted by Crippen LogP contribution is 2.35. The highest BCUT2D eigenvalue weighted by molar-refractivity contribution is 7.14. The minimum atomic E-state index is -0.507. The van der Waals surface area contributed by atoms with Crippen LogP contribution in [-0.4, -0.2) is 48.0 Å². The summed E-state index contributed by atoms with van der Waals surface area (Å²) in [5.74, 6) is -0.259. The zero-order valence-corrected chi connectivity index (χ0v) is 17.9. The lowest BCUT2D eigenvalue weighted by Crippen LogP contribution is -2.49. The van der Waals surface area contributed by atoms with Gasteiger partial charge in [-0.05, 0) is 46.2 Å². The first-order chi connectivity index (χ1) is 13.2. The van der Waals surface area contributed by atoms with Crippen molar-refractivity contribution < 1.29 is 19.4 Å². The number of hydrogen-bond donors (Lipinski definition) is 1. The molecule has 0 unspecified atom stereocenters. The maximum Gasteiger partial charge on any atom is 0.312 e. The van der Waals surface area contributed by atoms with Gasteiger partial charge >= 0.3 is 5.97 Å². The van der Waals surface area contributed by atoms with Gasteiger partial charge in [-0.25, -0.2) is 4.98 Å². The average Bonchev–Trinajstić information content (AvgIpc) is 3.11. The molecule has 1 aliphatic rings. The zero-order chi connectivity index (χ0) is 20.5. The third-order valence-corrected chi connectivity index (χ3v) is 5.66. The fourth-order valence-corrected chi connectivity index (χ4v) is 4.23. The number of anilines is 1. The van der Waals surface area contributed by atoms with Gasteiger partial charge in [-0.1, -0.05) is 11.6 Å². The lowest BCUT2D eigenvalue weighted by molar-refractivity contribution is -0.165. The minimum absolute atomic E-state index is 0.205. The Morgan fingerprint density at radius 3 is 2.79 bits per heavy atom. The molecule has 1 N–H and O–H groups in total. The van der Waals surface area contributed by atoms with Crippen LogP contribution >= 0.6 is 11.3 Å². The monoisotopic (exact) mass is 404 g/mol. The molecule has 7 heteroatoms. The number of aromatic nitrogens is 1. The molecular weight excluding hydrogens is 376 g/mol. The summed E-state index contributed by atoms with van der Waals surface area (Å²) >= 11 is 1.53. The van der Waals surface area contributed by atoms with E-state index in [1.165, 1.54) is 11.3 Å². The molecule has 1 aromatic heterocycles. The number of rotatable bonds is 4. The number of nitrogens with zero attached hydrogens (tertiary/aromatic N) is 2. The second-order valence-corrected chi connectivity index (χ2v) is 9.02. The van der Waals surface area contributed by atoms with E-state index in [9.17, 15) is 9.90 Å². The Hall–Kier alpha value is -2.12. The van der Waals surface area contributed by atoms with Gasteiger partial charge in [-0.2, -0.15) is 0 Å². The molecule has 0 saturated carbocycles. The highest BCUT2D eigenvalue weighted by atomic mass is 32.1. The van der Waals surface area contributed by atoms with Crippen LogP contribution < -0.4 is 4.90 Å². The summed E-state index contributed by atoms with van der Waals surface area (Å²) < 4.78 is 11.2. The molecule has 0 radical (unpaired) electrons. The Morgan fingerprint density at radius 2 is 2.11 bits per heavy atom. The van der Waals surface area contributed by atoms with E-state index in [0.29, 0.717) is 19.5 Å². The molecule has 0 bridgehead atoms. The smallest absolute Gasteiger partial charge is 0.312 e. The lowest BCUT2D eigenvalue weighted by atomic mass is 9.93. The van der Waals surface area contributed by atoms with Crippen LogP contribution in [0.2, 0.25) is 0 Å². The van der Waals surface area contributed by atoms with Crippen LogP contribution in [0.4, 0.5) is 5.13 Å². The Labute approximate surface area is 170 Å². The van der Waals surface area contributed by atoms with E-state index in [2.05, 4.69) is 4.90 Å². The van der Waals surface area contributed by atoms with E-state index in [4.69, 9.17) is 14.5 Å². The van der Waals surface area contributed by atoms with Gasteiger partial charge in [-0.3, -0.25) is 4.79 Å². The van der Waals surface area contributed by atoms with E-state index < -0.39 is 5.60 Å². The fraction of sp³-hybridized carbons (Fsp3) is 0.524. The molecule has 2 heterocycles. The highest BCUT2D eigenvalue weighted by Gasteiger charge is 2.37. The van der Waals surface area contributed by atoms with Crippen molar-refractivity contribution in [2.45, 2.75) is 45.8 Å². The Bertz CT molecular complexity index is 843. The van der Waals surface area contributed by atoms with Crippen molar-refractivity contribution in [3.8, 4) is 17.0 Å². The normalized spacial score (nSPS) is 20.2. The third-order valence-electron chi connectivity index (χ3n) is 4.76. The predicted octanol–water partition coefficient (Wildman–Crippen LogP) is 4.01. The average molecular weight is 405 g/mol. The molecule has 2 aromatic rings. The Balaban J connectivity index is 1.74. The maximum atomic E-state index is 12.5. The van der Waals surface area contributed by atoms with Crippen LogP contribution in [0.5, 0.6) is 5.75 Å². The quantitative estimate of drug-likeness (QED) is 0.777. The van der Waals surface area contributed by atoms with E-state index in [-0.39, 0.29) is 23.7 Å². The number of thiazole rings is 1. The molecular formula is C21H28N2O4S. The van der Waals surface area contributed by atoms with E-state index in [1.54, 1.807) is 13.2 Å². The maximum absolute atomic E-state index is 12.5. The minimum Gasteiger partial charge on any atom is -0.507 e. The van der Waals surface area contributed by atoms with E-state index in [1.807, 2.05) is 45.2 Å². The number of piperidine rings is 1. The summed E-state index contributed by atoms with van der Waals surface area (Å²) in [6, 6.07) is 5.49. The summed E-state index contributed by atoms with van der Waals surface area (Å²) in [7, 11) is 1.63. The van der Waals surface area contributed by atoms with Crippen LogP contribution in [0.15, 0.2) is 23.6 Å². The van der Waals surface area contributed by atoms with Crippen molar-refractivity contribution in [2.75, 3.05) is 25.1 Å². The summed E-state index contributed by atoms with van der Waals surface area (Å²) in [5, 5.41) is 13.0. The Morgan fingerprint density at radius 1 is 1.36 bits per heavy atom. The van der Waals surface area contributed by atoms with Crippen LogP contribution in [0.1, 0.15) is 32.8 Å². The second-order valence-electron chi connectivity index (χ2n) is 8.18. The topological polar surface area (TPSA) is 71.9 Å². The number of carbonyl (C=O) groups excluding carboxylic acids is 1. The Kier molecular flexibility index (Phi) is 5.95. The molecule has 152 valence electrons. The lowest BCUT2D eigenvalue weighted by Gasteiger charge is -2.37. The third kappa shape index (κ3) is 4.64. The van der Waals surface area contributed by atoms with Crippen molar-refractivity contribution in [2.24, 2.45) is 5.92 Å².